The van der Waals surface area contributed by atoms with E-state index >= 15 is 0 Å². The molecule has 2 heterocycles. The lowest BCUT2D eigenvalue weighted by atomic mass is 9.87. The summed E-state index contributed by atoms with van der Waals surface area (Å²) < 4.78 is 0. The molecule has 1 saturated heterocycles. The van der Waals surface area contributed by atoms with Gasteiger partial charge in [0, 0.05) is 43.9 Å². The van der Waals surface area contributed by atoms with Crippen molar-refractivity contribution in [3.05, 3.63) is 12.2 Å². The topological polar surface area (TPSA) is 40.3 Å². The molecule has 0 aromatic carbocycles. The molecule has 0 bridgehead atoms. The quantitative estimate of drug-likeness (QED) is 0.623. The van der Waals surface area contributed by atoms with E-state index in [-0.39, 0.29) is 16.4 Å². The minimum atomic E-state index is -0.234. The van der Waals surface area contributed by atoms with Crippen LogP contribution in [0.3, 0.4) is 0 Å². The number of nitrogens with zero attached hydrogens (tertiary/aromatic N) is 4. The first kappa shape index (κ1) is 17.9. The Labute approximate surface area is 141 Å². The largest absolute Gasteiger partial charge is 0.340 e. The Morgan fingerprint density at radius 2 is 1.78 bits per heavy atom. The monoisotopic (exact) mass is 316 g/mol. The highest BCUT2D eigenvalue weighted by Crippen LogP contribution is 2.29. The van der Waals surface area contributed by atoms with Crippen molar-refractivity contribution in [2.24, 2.45) is 25.8 Å². The van der Waals surface area contributed by atoms with Crippen LogP contribution in [0.5, 0.6) is 0 Å². The fraction of sp³-hybridized carbons (Fsp3) is 0.737. The van der Waals surface area contributed by atoms with Gasteiger partial charge in [-0.1, -0.05) is 39.8 Å². The molecule has 4 heteroatoms. The van der Waals surface area contributed by atoms with Gasteiger partial charge in [-0.15, -0.1) is 0 Å². The molecule has 23 heavy (non-hydrogen) atoms. The highest BCUT2D eigenvalue weighted by atomic mass is 15.3. The number of hydrogen-bond donors (Lipinski definition) is 0. The average molecular weight is 316 g/mol. The van der Waals surface area contributed by atoms with Gasteiger partial charge < -0.3 is 4.90 Å². The van der Waals surface area contributed by atoms with Crippen molar-refractivity contribution in [3.8, 4) is 0 Å². The Morgan fingerprint density at radius 3 is 2.43 bits per heavy atom. The molecule has 0 N–H and O–H groups in total. The average Bonchev–Trinajstić information content (AvgIpc) is 2.58. The number of aliphatic imine (C=N–C) groups is 3. The third-order valence-electron chi connectivity index (χ3n) is 4.39. The van der Waals surface area contributed by atoms with E-state index in [1.807, 2.05) is 13.3 Å². The van der Waals surface area contributed by atoms with Gasteiger partial charge in [0.15, 0.2) is 0 Å². The fourth-order valence-electron chi connectivity index (χ4n) is 3.08. The van der Waals surface area contributed by atoms with E-state index in [0.717, 1.165) is 31.9 Å². The number of allylic oxidation sites excluding steroid dienone is 1. The molecule has 0 atom stereocenters. The van der Waals surface area contributed by atoms with E-state index in [1.165, 1.54) is 5.71 Å². The molecule has 1 fully saturated rings. The molecule has 0 unspecified atom stereocenters. The van der Waals surface area contributed by atoms with Gasteiger partial charge in [0.1, 0.15) is 0 Å². The SMILES string of the molecule is CN=C1CCN(C2=NC(C)(C)/C=C\C(C)(C)/C=N\2)CC(C)(C)C1. The number of guanidine groups is 1. The minimum Gasteiger partial charge on any atom is -0.340 e. The van der Waals surface area contributed by atoms with Crippen molar-refractivity contribution in [3.63, 3.8) is 0 Å². The van der Waals surface area contributed by atoms with Crippen LogP contribution < -0.4 is 0 Å². The summed E-state index contributed by atoms with van der Waals surface area (Å²) in [5.74, 6) is 0.859. The van der Waals surface area contributed by atoms with Crippen LogP contribution in [-0.2, 0) is 0 Å². The summed E-state index contributed by atoms with van der Waals surface area (Å²) in [6.07, 6.45) is 8.45. The zero-order valence-corrected chi connectivity index (χ0v) is 15.8. The van der Waals surface area contributed by atoms with Crippen molar-refractivity contribution in [2.45, 2.75) is 59.9 Å². The molecule has 0 aromatic rings. The molecule has 0 aromatic heterocycles. The third kappa shape index (κ3) is 5.02. The summed E-state index contributed by atoms with van der Waals surface area (Å²) in [6, 6.07) is 0. The summed E-state index contributed by atoms with van der Waals surface area (Å²) in [6.45, 7) is 15.2. The third-order valence-corrected chi connectivity index (χ3v) is 4.39. The van der Waals surface area contributed by atoms with Crippen LogP contribution in [0.1, 0.15) is 54.4 Å². The lowest BCUT2D eigenvalue weighted by Crippen LogP contribution is -2.39. The van der Waals surface area contributed by atoms with Gasteiger partial charge in [0.2, 0.25) is 5.96 Å². The van der Waals surface area contributed by atoms with E-state index in [0.29, 0.717) is 0 Å². The number of hydrogen-bond acceptors (Lipinski definition) is 4. The highest BCUT2D eigenvalue weighted by Gasteiger charge is 2.30. The molecule has 0 radical (unpaired) electrons. The van der Waals surface area contributed by atoms with Gasteiger partial charge >= 0.3 is 0 Å². The summed E-state index contributed by atoms with van der Waals surface area (Å²) >= 11 is 0. The summed E-state index contributed by atoms with van der Waals surface area (Å²) in [7, 11) is 1.91. The maximum atomic E-state index is 4.93. The molecule has 0 saturated carbocycles. The van der Waals surface area contributed by atoms with Gasteiger partial charge in [0.25, 0.3) is 0 Å². The predicted octanol–water partition coefficient (Wildman–Crippen LogP) is 3.98. The Bertz CT molecular complexity index is 562. The first-order valence-corrected chi connectivity index (χ1v) is 8.57. The standard InChI is InChI=1S/C19H32N4/c1-17(2)9-10-19(5,6)22-16(21-13-17)23-11-8-15(20-7)12-18(3,4)14-23/h9-10,13H,8,11-12,14H2,1-7H3/b10-9-,20-15?,21-13-,22-16?. The molecular formula is C19H32N4. The maximum absolute atomic E-state index is 4.93. The molecule has 0 amide bonds. The second-order valence-electron chi connectivity index (χ2n) is 8.78. The zero-order chi connectivity index (χ0) is 17.3. The van der Waals surface area contributed by atoms with E-state index in [1.54, 1.807) is 0 Å². The van der Waals surface area contributed by atoms with Gasteiger partial charge in [-0.25, -0.2) is 9.98 Å². The van der Waals surface area contributed by atoms with Gasteiger partial charge in [0.05, 0.1) is 5.54 Å². The Morgan fingerprint density at radius 1 is 1.09 bits per heavy atom. The van der Waals surface area contributed by atoms with Crippen molar-refractivity contribution in [1.82, 2.24) is 4.90 Å². The van der Waals surface area contributed by atoms with Gasteiger partial charge in [-0.2, -0.15) is 0 Å². The minimum absolute atomic E-state index is 0.0458. The molecule has 2 rings (SSSR count). The second-order valence-corrected chi connectivity index (χ2v) is 8.78. The molecule has 0 aliphatic carbocycles. The normalized spacial score (nSPS) is 30.8. The molecule has 128 valence electrons. The van der Waals surface area contributed by atoms with Crippen LogP contribution in [0.2, 0.25) is 0 Å². The summed E-state index contributed by atoms with van der Waals surface area (Å²) in [4.78, 5) is 16.5. The smallest absolute Gasteiger partial charge is 0.221 e. The lowest BCUT2D eigenvalue weighted by Gasteiger charge is -2.32. The first-order valence-electron chi connectivity index (χ1n) is 8.57. The van der Waals surface area contributed by atoms with Crippen LogP contribution in [0.25, 0.3) is 0 Å². The lowest BCUT2D eigenvalue weighted by molar-refractivity contribution is 0.274. The maximum Gasteiger partial charge on any atom is 0.221 e. The summed E-state index contributed by atoms with van der Waals surface area (Å²) in [5.41, 5.74) is 1.20. The molecular weight excluding hydrogens is 284 g/mol. The van der Waals surface area contributed by atoms with E-state index < -0.39 is 0 Å². The van der Waals surface area contributed by atoms with E-state index in [4.69, 9.17) is 9.98 Å². The van der Waals surface area contributed by atoms with Crippen molar-refractivity contribution < 1.29 is 0 Å². The van der Waals surface area contributed by atoms with Crippen LogP contribution in [0.15, 0.2) is 27.1 Å². The molecule has 0 spiro atoms. The van der Waals surface area contributed by atoms with Gasteiger partial charge in [-0.3, -0.25) is 4.99 Å². The number of rotatable bonds is 0. The van der Waals surface area contributed by atoms with Crippen molar-refractivity contribution in [2.75, 3.05) is 20.1 Å². The Balaban J connectivity index is 2.36. The molecule has 2 aliphatic heterocycles. The van der Waals surface area contributed by atoms with Crippen LogP contribution >= 0.6 is 0 Å². The van der Waals surface area contributed by atoms with Crippen molar-refractivity contribution in [1.29, 1.82) is 0 Å². The zero-order valence-electron chi connectivity index (χ0n) is 15.8. The van der Waals surface area contributed by atoms with E-state index in [2.05, 4.69) is 63.6 Å². The Hall–Kier alpha value is -1.45. The fourth-order valence-corrected chi connectivity index (χ4v) is 3.08. The van der Waals surface area contributed by atoms with Crippen LogP contribution in [0, 0.1) is 10.8 Å². The second kappa shape index (κ2) is 6.21. The predicted molar refractivity (Wildman–Crippen MR) is 101 cm³/mol. The van der Waals surface area contributed by atoms with E-state index in [9.17, 15) is 0 Å². The Kier molecular flexibility index (Phi) is 4.84. The first-order chi connectivity index (χ1) is 10.5. The number of likely N-dealkylation sites (tertiary alicyclic amines) is 1. The molecule has 4 nitrogen and oxygen atoms in total. The summed E-state index contributed by atoms with van der Waals surface area (Å²) in [5, 5.41) is 0. The van der Waals surface area contributed by atoms with Gasteiger partial charge in [-0.05, 0) is 25.7 Å². The van der Waals surface area contributed by atoms with Crippen LogP contribution in [0.4, 0.5) is 0 Å². The highest BCUT2D eigenvalue weighted by molar-refractivity contribution is 5.92. The van der Waals surface area contributed by atoms with Crippen LogP contribution in [-0.4, -0.2) is 48.5 Å². The van der Waals surface area contributed by atoms with Crippen molar-refractivity contribution >= 4 is 17.9 Å². The molecule has 2 aliphatic rings.